The molecule has 0 bridgehead atoms. The van der Waals surface area contributed by atoms with Gasteiger partial charge < -0.3 is 29.4 Å². The van der Waals surface area contributed by atoms with Gasteiger partial charge in [0.2, 0.25) is 0 Å². The summed E-state index contributed by atoms with van der Waals surface area (Å²) in [7, 11) is 0. The maximum atomic E-state index is 13.1. The normalized spacial score (nSPS) is 21.6. The van der Waals surface area contributed by atoms with Gasteiger partial charge in [-0.25, -0.2) is 4.79 Å². The topological polar surface area (TPSA) is 107 Å². The number of carbonyl (C=O) groups is 2. The van der Waals surface area contributed by atoms with Crippen molar-refractivity contribution in [2.45, 2.75) is 83.3 Å². The van der Waals surface area contributed by atoms with E-state index in [4.69, 9.17) is 18.9 Å². The second-order valence-electron chi connectivity index (χ2n) is 13.1. The molecule has 2 aliphatic rings. The van der Waals surface area contributed by atoms with Crippen molar-refractivity contribution in [3.63, 3.8) is 0 Å². The SMILES string of the molecule is C=CCOC(=O)NCc1cccc(-c2cccc(C3OC(CN4CCCC4C(=O)OC(C)(C)C)CC(c4ccc(CO)cc4)O3)c2)c1. The lowest BCUT2D eigenvalue weighted by molar-refractivity contribution is -0.253. The summed E-state index contributed by atoms with van der Waals surface area (Å²) >= 11 is 0. The minimum absolute atomic E-state index is 0.0232. The molecule has 2 N–H and O–H groups in total. The van der Waals surface area contributed by atoms with Gasteiger partial charge in [0.05, 0.1) is 18.8 Å². The quantitative estimate of drug-likeness (QED) is 0.178. The van der Waals surface area contributed by atoms with Crippen LogP contribution in [-0.4, -0.2) is 59.5 Å². The summed E-state index contributed by atoms with van der Waals surface area (Å²) in [5.41, 5.74) is 5.10. The molecule has 250 valence electrons. The molecule has 9 nitrogen and oxygen atoms in total. The van der Waals surface area contributed by atoms with Crippen LogP contribution in [0.5, 0.6) is 0 Å². The fraction of sp³-hybridized carbons (Fsp3) is 0.421. The van der Waals surface area contributed by atoms with E-state index in [1.807, 2.05) is 87.5 Å². The van der Waals surface area contributed by atoms with Crippen molar-refractivity contribution in [1.82, 2.24) is 10.2 Å². The molecule has 1 amide bonds. The number of carbonyl (C=O) groups excluding carboxylic acids is 2. The molecule has 3 aromatic rings. The summed E-state index contributed by atoms with van der Waals surface area (Å²) in [6.07, 6.45) is 2.27. The molecule has 3 aromatic carbocycles. The maximum absolute atomic E-state index is 13.1. The van der Waals surface area contributed by atoms with Crippen LogP contribution in [0.3, 0.4) is 0 Å². The van der Waals surface area contributed by atoms with E-state index in [0.717, 1.165) is 52.8 Å². The van der Waals surface area contributed by atoms with Crippen molar-refractivity contribution in [2.75, 3.05) is 19.7 Å². The van der Waals surface area contributed by atoms with E-state index < -0.39 is 18.0 Å². The van der Waals surface area contributed by atoms with Gasteiger partial charge >= 0.3 is 12.1 Å². The molecule has 0 aromatic heterocycles. The van der Waals surface area contributed by atoms with E-state index >= 15 is 0 Å². The molecule has 4 atom stereocenters. The molecule has 2 saturated heterocycles. The fourth-order valence-electron chi connectivity index (χ4n) is 6.06. The molecule has 2 heterocycles. The lowest BCUT2D eigenvalue weighted by Gasteiger charge is -2.38. The highest BCUT2D eigenvalue weighted by molar-refractivity contribution is 5.76. The third kappa shape index (κ3) is 9.51. The molecule has 2 aliphatic heterocycles. The third-order valence-corrected chi connectivity index (χ3v) is 8.28. The highest BCUT2D eigenvalue weighted by Crippen LogP contribution is 2.39. The van der Waals surface area contributed by atoms with E-state index in [1.165, 1.54) is 6.08 Å². The maximum Gasteiger partial charge on any atom is 0.407 e. The van der Waals surface area contributed by atoms with Gasteiger partial charge in [-0.1, -0.05) is 73.3 Å². The smallest absolute Gasteiger partial charge is 0.407 e. The summed E-state index contributed by atoms with van der Waals surface area (Å²) in [6, 6.07) is 23.6. The summed E-state index contributed by atoms with van der Waals surface area (Å²) in [5.74, 6) is -0.187. The van der Waals surface area contributed by atoms with Crippen molar-refractivity contribution < 1.29 is 33.6 Å². The number of nitrogens with one attached hydrogen (secondary N) is 1. The average molecular weight is 643 g/mol. The van der Waals surface area contributed by atoms with Crippen LogP contribution in [0.15, 0.2) is 85.5 Å². The van der Waals surface area contributed by atoms with E-state index in [0.29, 0.717) is 19.5 Å². The summed E-state index contributed by atoms with van der Waals surface area (Å²) in [4.78, 5) is 27.2. The number of aliphatic hydroxyl groups is 1. The monoisotopic (exact) mass is 642 g/mol. The molecule has 0 aliphatic carbocycles. The van der Waals surface area contributed by atoms with Gasteiger partial charge in [-0.15, -0.1) is 0 Å². The van der Waals surface area contributed by atoms with Crippen LogP contribution in [0.2, 0.25) is 0 Å². The predicted octanol–water partition coefficient (Wildman–Crippen LogP) is 6.61. The van der Waals surface area contributed by atoms with Crippen LogP contribution in [0.1, 0.15) is 74.7 Å². The van der Waals surface area contributed by atoms with Gasteiger partial charge in [-0.3, -0.25) is 9.69 Å². The largest absolute Gasteiger partial charge is 0.459 e. The zero-order valence-corrected chi connectivity index (χ0v) is 27.5. The number of rotatable bonds is 11. The molecule has 2 fully saturated rings. The Morgan fingerprint density at radius 3 is 2.47 bits per heavy atom. The number of alkyl carbamates (subject to hydrolysis) is 1. The number of likely N-dealkylation sites (tertiary alicyclic amines) is 1. The molecule has 0 spiro atoms. The Morgan fingerprint density at radius 1 is 1.00 bits per heavy atom. The van der Waals surface area contributed by atoms with Crippen molar-refractivity contribution in [3.05, 3.63) is 108 Å². The molecule has 5 rings (SSSR count). The number of benzene rings is 3. The number of hydrogen-bond donors (Lipinski definition) is 2. The Labute approximate surface area is 277 Å². The van der Waals surface area contributed by atoms with Crippen LogP contribution in [0.25, 0.3) is 11.1 Å². The van der Waals surface area contributed by atoms with Gasteiger partial charge in [-0.05, 0) is 80.1 Å². The number of nitrogens with zero attached hydrogens (tertiary/aromatic N) is 1. The summed E-state index contributed by atoms with van der Waals surface area (Å²) in [5, 5.41) is 12.3. The van der Waals surface area contributed by atoms with Crippen LogP contribution in [-0.2, 0) is 36.9 Å². The van der Waals surface area contributed by atoms with Crippen LogP contribution in [0, 0.1) is 0 Å². The molecular formula is C38H46N2O7. The highest BCUT2D eigenvalue weighted by Gasteiger charge is 2.39. The van der Waals surface area contributed by atoms with Crippen LogP contribution < -0.4 is 5.32 Å². The lowest BCUT2D eigenvalue weighted by atomic mass is 9.98. The zero-order chi connectivity index (χ0) is 33.4. The standard InChI is InChI=1S/C38H46N2O7/c1-5-19-44-37(43)39-23-27-9-6-10-29(20-27)30-11-7-12-31(21-30)36-45-32(22-34(46-36)28-16-14-26(25-41)15-17-28)24-40-18-8-13-33(40)35(42)47-38(2,3)4/h5-7,9-12,14-17,20-21,32-34,36,41H,1,8,13,18-19,22-25H2,2-4H3,(H,39,43). The average Bonchev–Trinajstić information content (AvgIpc) is 3.54. The van der Waals surface area contributed by atoms with Crippen LogP contribution >= 0.6 is 0 Å². The molecular weight excluding hydrogens is 596 g/mol. The molecule has 47 heavy (non-hydrogen) atoms. The Hall–Kier alpha value is -4.02. The van der Waals surface area contributed by atoms with E-state index in [2.05, 4.69) is 22.9 Å². The number of aliphatic hydroxyl groups excluding tert-OH is 1. The van der Waals surface area contributed by atoms with E-state index in [-0.39, 0.29) is 37.4 Å². The van der Waals surface area contributed by atoms with E-state index in [1.54, 1.807) is 0 Å². The number of esters is 1. The Morgan fingerprint density at radius 2 is 1.74 bits per heavy atom. The zero-order valence-electron chi connectivity index (χ0n) is 27.5. The van der Waals surface area contributed by atoms with Gasteiger partial charge in [0.15, 0.2) is 6.29 Å². The number of hydrogen-bond acceptors (Lipinski definition) is 8. The van der Waals surface area contributed by atoms with E-state index in [9.17, 15) is 14.7 Å². The highest BCUT2D eigenvalue weighted by atomic mass is 16.7. The van der Waals surface area contributed by atoms with Gasteiger partial charge in [0.1, 0.15) is 18.2 Å². The minimum Gasteiger partial charge on any atom is -0.459 e. The summed E-state index contributed by atoms with van der Waals surface area (Å²) < 4.78 is 24.0. The first-order valence-corrected chi connectivity index (χ1v) is 16.3. The van der Waals surface area contributed by atoms with Crippen molar-refractivity contribution in [2.24, 2.45) is 0 Å². The molecule has 0 saturated carbocycles. The fourth-order valence-corrected chi connectivity index (χ4v) is 6.06. The molecule has 0 radical (unpaired) electrons. The molecule has 4 unspecified atom stereocenters. The van der Waals surface area contributed by atoms with Crippen molar-refractivity contribution in [3.8, 4) is 11.1 Å². The minimum atomic E-state index is -0.636. The second-order valence-corrected chi connectivity index (χ2v) is 13.1. The lowest BCUT2D eigenvalue weighted by Crippen LogP contribution is -2.45. The Bertz CT molecular complexity index is 1520. The van der Waals surface area contributed by atoms with Gasteiger partial charge in [0.25, 0.3) is 0 Å². The van der Waals surface area contributed by atoms with Crippen molar-refractivity contribution >= 4 is 12.1 Å². The first-order valence-electron chi connectivity index (χ1n) is 16.3. The second kappa shape index (κ2) is 15.7. The number of amides is 1. The van der Waals surface area contributed by atoms with Crippen LogP contribution in [0.4, 0.5) is 4.79 Å². The molecule has 9 heteroatoms. The number of ether oxygens (including phenoxy) is 4. The van der Waals surface area contributed by atoms with Crippen molar-refractivity contribution in [1.29, 1.82) is 0 Å². The Balaban J connectivity index is 1.35. The van der Waals surface area contributed by atoms with Gasteiger partial charge in [0, 0.05) is 25.1 Å². The Kier molecular flexibility index (Phi) is 11.5. The third-order valence-electron chi connectivity index (χ3n) is 8.28. The predicted molar refractivity (Wildman–Crippen MR) is 179 cm³/mol. The first kappa shape index (κ1) is 34.3. The first-order chi connectivity index (χ1) is 22.6. The summed E-state index contributed by atoms with van der Waals surface area (Å²) in [6.45, 7) is 11.1. The van der Waals surface area contributed by atoms with Gasteiger partial charge in [-0.2, -0.15) is 0 Å².